The minimum Gasteiger partial charge on any atom is -0.495 e. The van der Waals surface area contributed by atoms with Crippen LogP contribution in [0.2, 0.25) is 0 Å². The molecule has 0 aliphatic carbocycles. The number of fused-ring (bicyclic) bond motifs is 1. The van der Waals surface area contributed by atoms with Crippen molar-refractivity contribution in [3.63, 3.8) is 0 Å². The van der Waals surface area contributed by atoms with Crippen LogP contribution in [0.3, 0.4) is 0 Å². The summed E-state index contributed by atoms with van der Waals surface area (Å²) in [4.78, 5) is 6.43. The molecule has 0 radical (unpaired) electrons. The molecular formula is C20H22N2O3S. The normalized spacial score (nSPS) is 18.4. The smallest absolute Gasteiger partial charge is 0.142 e. The Hall–Kier alpha value is -2.31. The van der Waals surface area contributed by atoms with E-state index in [0.717, 1.165) is 51.5 Å². The number of hydrogen-bond acceptors (Lipinski definition) is 4. The Kier molecular flexibility index (Phi) is 4.46. The molecule has 6 heteroatoms. The van der Waals surface area contributed by atoms with E-state index < -0.39 is 10.8 Å². The molecule has 1 aromatic heterocycles. The zero-order valence-corrected chi connectivity index (χ0v) is 15.7. The monoisotopic (exact) mass is 370 g/mol. The number of nitrogens with zero attached hydrogens (tertiary/aromatic N) is 1. The lowest BCUT2D eigenvalue weighted by molar-refractivity contribution is 0.198. The molecule has 1 aliphatic rings. The lowest BCUT2D eigenvalue weighted by Gasteiger charge is -2.21. The van der Waals surface area contributed by atoms with Crippen LogP contribution < -0.4 is 9.64 Å². The van der Waals surface area contributed by atoms with Crippen molar-refractivity contribution in [2.75, 3.05) is 31.4 Å². The zero-order chi connectivity index (χ0) is 18.3. The molecule has 0 bridgehead atoms. The highest BCUT2D eigenvalue weighted by Gasteiger charge is 2.24. The molecule has 26 heavy (non-hydrogen) atoms. The Morgan fingerprint density at radius 3 is 2.81 bits per heavy atom. The highest BCUT2D eigenvalue weighted by Crippen LogP contribution is 2.37. The van der Waals surface area contributed by atoms with Crippen molar-refractivity contribution in [3.05, 3.63) is 42.5 Å². The molecule has 5 nitrogen and oxygen atoms in total. The van der Waals surface area contributed by atoms with Gasteiger partial charge in [-0.1, -0.05) is 12.1 Å². The predicted octanol–water partition coefficient (Wildman–Crippen LogP) is 3.15. The number of ether oxygens (including phenoxy) is 1. The van der Waals surface area contributed by atoms with Gasteiger partial charge < -0.3 is 19.7 Å². The van der Waals surface area contributed by atoms with Gasteiger partial charge in [0.1, 0.15) is 5.75 Å². The molecule has 0 saturated carbocycles. The number of benzene rings is 2. The minimum atomic E-state index is -1.06. The Balaban J connectivity index is 1.88. The molecule has 2 aromatic carbocycles. The summed E-state index contributed by atoms with van der Waals surface area (Å²) in [5.41, 5.74) is 3.93. The van der Waals surface area contributed by atoms with Crippen molar-refractivity contribution in [2.24, 2.45) is 0 Å². The molecule has 2 atom stereocenters. The zero-order valence-electron chi connectivity index (χ0n) is 14.9. The van der Waals surface area contributed by atoms with Gasteiger partial charge >= 0.3 is 0 Å². The topological polar surface area (TPSA) is 65.6 Å². The van der Waals surface area contributed by atoms with Gasteiger partial charge in [-0.25, -0.2) is 0 Å². The number of rotatable bonds is 4. The maximum absolute atomic E-state index is 12.0. The molecule has 2 heterocycles. The van der Waals surface area contributed by atoms with E-state index >= 15 is 0 Å². The van der Waals surface area contributed by atoms with E-state index in [1.165, 1.54) is 0 Å². The number of methoxy groups -OCH3 is 1. The summed E-state index contributed by atoms with van der Waals surface area (Å²) in [6.45, 7) is 1.43. The van der Waals surface area contributed by atoms with Crippen molar-refractivity contribution in [1.29, 1.82) is 0 Å². The Morgan fingerprint density at radius 1 is 1.27 bits per heavy atom. The Morgan fingerprint density at radius 2 is 2.12 bits per heavy atom. The molecule has 4 rings (SSSR count). The van der Waals surface area contributed by atoms with Crippen LogP contribution in [-0.4, -0.2) is 46.9 Å². The Labute approximate surface area is 155 Å². The largest absolute Gasteiger partial charge is 0.495 e. The van der Waals surface area contributed by atoms with E-state index in [9.17, 15) is 9.32 Å². The number of aliphatic hydroxyl groups excluding tert-OH is 1. The highest BCUT2D eigenvalue weighted by atomic mass is 32.2. The summed E-state index contributed by atoms with van der Waals surface area (Å²) < 4.78 is 17.5. The van der Waals surface area contributed by atoms with Crippen LogP contribution in [0.4, 0.5) is 5.69 Å². The second kappa shape index (κ2) is 6.78. The van der Waals surface area contributed by atoms with E-state index in [1.807, 2.05) is 36.4 Å². The number of nitrogens with one attached hydrogen (secondary N) is 1. The summed E-state index contributed by atoms with van der Waals surface area (Å²) >= 11 is 0. The van der Waals surface area contributed by atoms with Crippen molar-refractivity contribution >= 4 is 27.4 Å². The van der Waals surface area contributed by atoms with Crippen LogP contribution in [0.1, 0.15) is 6.42 Å². The summed E-state index contributed by atoms with van der Waals surface area (Å²) in [6.07, 6.45) is 2.15. The Bertz CT molecular complexity index is 982. The first-order valence-electron chi connectivity index (χ1n) is 8.63. The fourth-order valence-corrected chi connectivity index (χ4v) is 4.13. The summed E-state index contributed by atoms with van der Waals surface area (Å²) in [5.74, 6) is 0.794. The van der Waals surface area contributed by atoms with Gasteiger partial charge in [0.25, 0.3) is 0 Å². The number of anilines is 1. The molecule has 1 aliphatic heterocycles. The first-order valence-corrected chi connectivity index (χ1v) is 10.2. The van der Waals surface area contributed by atoms with Gasteiger partial charge in [0, 0.05) is 57.4 Å². The fourth-order valence-electron chi connectivity index (χ4n) is 3.59. The third-order valence-electron chi connectivity index (χ3n) is 4.93. The van der Waals surface area contributed by atoms with Crippen LogP contribution in [-0.2, 0) is 10.8 Å². The third kappa shape index (κ3) is 2.99. The van der Waals surface area contributed by atoms with Gasteiger partial charge in [0.05, 0.1) is 18.7 Å². The first-order chi connectivity index (χ1) is 12.6. The molecule has 1 saturated heterocycles. The van der Waals surface area contributed by atoms with E-state index in [1.54, 1.807) is 13.4 Å². The molecule has 2 N–H and O–H groups in total. The number of β-amino-alcohol motifs (C(OH)–C–C–N with tert-alkyl or cyclic N) is 1. The predicted molar refractivity (Wildman–Crippen MR) is 105 cm³/mol. The van der Waals surface area contributed by atoms with Gasteiger partial charge in [-0.3, -0.25) is 4.21 Å². The summed E-state index contributed by atoms with van der Waals surface area (Å²) in [6, 6.07) is 13.9. The van der Waals surface area contributed by atoms with E-state index in [-0.39, 0.29) is 6.10 Å². The SMILES string of the molecule is COc1cccc2cc(-c3cc(S(C)=O)ccc3N3CCC(O)C3)[nH]c12. The molecular weight excluding hydrogens is 348 g/mol. The molecule has 1 fully saturated rings. The van der Waals surface area contributed by atoms with Gasteiger partial charge in [-0.05, 0) is 36.8 Å². The number of aromatic nitrogens is 1. The number of H-pyrrole nitrogens is 1. The van der Waals surface area contributed by atoms with Crippen LogP contribution >= 0.6 is 0 Å². The minimum absolute atomic E-state index is 0.300. The average molecular weight is 370 g/mol. The number of hydrogen-bond donors (Lipinski definition) is 2. The fraction of sp³-hybridized carbons (Fsp3) is 0.300. The molecule has 3 aromatic rings. The van der Waals surface area contributed by atoms with Crippen LogP contribution in [0.15, 0.2) is 47.4 Å². The molecule has 136 valence electrons. The van der Waals surface area contributed by atoms with E-state index in [2.05, 4.69) is 16.0 Å². The highest BCUT2D eigenvalue weighted by molar-refractivity contribution is 7.84. The van der Waals surface area contributed by atoms with Crippen LogP contribution in [0.25, 0.3) is 22.2 Å². The van der Waals surface area contributed by atoms with Gasteiger partial charge in [-0.15, -0.1) is 0 Å². The second-order valence-electron chi connectivity index (χ2n) is 6.63. The first kappa shape index (κ1) is 17.1. The number of aromatic amines is 1. The molecule has 0 amide bonds. The average Bonchev–Trinajstić information content (AvgIpc) is 3.26. The van der Waals surface area contributed by atoms with Crippen LogP contribution in [0, 0.1) is 0 Å². The van der Waals surface area contributed by atoms with E-state index in [0.29, 0.717) is 6.54 Å². The number of para-hydroxylation sites is 1. The van der Waals surface area contributed by atoms with Crippen molar-refractivity contribution in [1.82, 2.24) is 4.98 Å². The van der Waals surface area contributed by atoms with Crippen molar-refractivity contribution in [2.45, 2.75) is 17.4 Å². The third-order valence-corrected chi connectivity index (χ3v) is 5.85. The lowest BCUT2D eigenvalue weighted by atomic mass is 10.1. The van der Waals surface area contributed by atoms with Gasteiger partial charge in [0.15, 0.2) is 0 Å². The quantitative estimate of drug-likeness (QED) is 0.740. The second-order valence-corrected chi connectivity index (χ2v) is 8.01. The van der Waals surface area contributed by atoms with Crippen LogP contribution in [0.5, 0.6) is 5.75 Å². The van der Waals surface area contributed by atoms with Crippen molar-refractivity contribution in [3.8, 4) is 17.0 Å². The lowest BCUT2D eigenvalue weighted by Crippen LogP contribution is -2.21. The summed E-state index contributed by atoms with van der Waals surface area (Å²) in [5, 5.41) is 11.0. The maximum atomic E-state index is 12.0. The van der Waals surface area contributed by atoms with Gasteiger partial charge in [-0.2, -0.15) is 0 Å². The van der Waals surface area contributed by atoms with E-state index in [4.69, 9.17) is 4.74 Å². The maximum Gasteiger partial charge on any atom is 0.142 e. The van der Waals surface area contributed by atoms with Crippen molar-refractivity contribution < 1.29 is 14.1 Å². The molecule has 2 unspecified atom stereocenters. The van der Waals surface area contributed by atoms with Gasteiger partial charge in [0.2, 0.25) is 0 Å². The molecule has 0 spiro atoms. The number of aliphatic hydroxyl groups is 1. The standard InChI is InChI=1S/C20H22N2O3S/c1-25-19-5-3-4-13-10-17(21-20(13)19)16-11-15(26(2)24)6-7-18(16)22-9-8-14(23)12-22/h3-7,10-11,14,21,23H,8-9,12H2,1-2H3. The summed E-state index contributed by atoms with van der Waals surface area (Å²) in [7, 11) is 0.600.